The summed E-state index contributed by atoms with van der Waals surface area (Å²) in [6.07, 6.45) is 10.6. The highest BCUT2D eigenvalue weighted by Gasteiger charge is 2.20. The Morgan fingerprint density at radius 1 is 1.33 bits per heavy atom. The average molecular weight is 163 g/mol. The van der Waals surface area contributed by atoms with Crippen LogP contribution < -0.4 is 0 Å². The summed E-state index contributed by atoms with van der Waals surface area (Å²) in [5.74, 6) is 0.815. The predicted octanol–water partition coefficient (Wildman–Crippen LogP) is 3.28. The molecule has 1 rings (SSSR count). The minimum atomic E-state index is 0.176. The predicted molar refractivity (Wildman–Crippen MR) is 50.5 cm³/mol. The van der Waals surface area contributed by atoms with Gasteiger partial charge in [-0.3, -0.25) is 0 Å². The molecule has 0 aromatic heterocycles. The second kappa shape index (κ2) is 4.98. The van der Waals surface area contributed by atoms with Crippen molar-refractivity contribution in [3.63, 3.8) is 0 Å². The molecule has 0 saturated heterocycles. The molecule has 0 N–H and O–H groups in total. The molecule has 0 aromatic carbocycles. The Balaban J connectivity index is 2.47. The molecule has 0 heterocycles. The Morgan fingerprint density at radius 2 is 2.00 bits per heavy atom. The second-order valence-electron chi connectivity index (χ2n) is 3.58. The minimum Gasteiger partial charge on any atom is -0.198 e. The molecule has 12 heavy (non-hydrogen) atoms. The molecule has 66 valence electrons. The van der Waals surface area contributed by atoms with E-state index in [0.29, 0.717) is 5.92 Å². The molecule has 1 unspecified atom stereocenters. The highest BCUT2D eigenvalue weighted by atomic mass is 14.3. The van der Waals surface area contributed by atoms with Crippen molar-refractivity contribution in [3.8, 4) is 6.07 Å². The fraction of sp³-hybridized carbons (Fsp3) is 0.727. The summed E-state index contributed by atoms with van der Waals surface area (Å²) >= 11 is 0. The van der Waals surface area contributed by atoms with Crippen molar-refractivity contribution in [3.05, 3.63) is 12.2 Å². The van der Waals surface area contributed by atoms with E-state index in [1.54, 1.807) is 0 Å². The van der Waals surface area contributed by atoms with Gasteiger partial charge in [-0.15, -0.1) is 0 Å². The van der Waals surface area contributed by atoms with Gasteiger partial charge in [0.15, 0.2) is 0 Å². The van der Waals surface area contributed by atoms with Crippen molar-refractivity contribution < 1.29 is 0 Å². The Bertz CT molecular complexity index is 182. The van der Waals surface area contributed by atoms with E-state index in [1.165, 1.54) is 32.1 Å². The fourth-order valence-electron chi connectivity index (χ4n) is 2.01. The first-order valence-corrected chi connectivity index (χ1v) is 4.91. The lowest BCUT2D eigenvalue weighted by molar-refractivity contribution is 0.322. The number of hydrogen-bond donors (Lipinski definition) is 0. The zero-order valence-corrected chi connectivity index (χ0v) is 7.79. The zero-order chi connectivity index (χ0) is 8.81. The van der Waals surface area contributed by atoms with Crippen LogP contribution in [0.3, 0.4) is 0 Å². The van der Waals surface area contributed by atoms with Crippen LogP contribution in [0.15, 0.2) is 12.2 Å². The van der Waals surface area contributed by atoms with Gasteiger partial charge in [-0.1, -0.05) is 31.4 Å². The van der Waals surface area contributed by atoms with E-state index in [9.17, 15) is 0 Å². The lowest BCUT2D eigenvalue weighted by Crippen LogP contribution is -2.14. The van der Waals surface area contributed by atoms with E-state index in [-0.39, 0.29) is 5.92 Å². The van der Waals surface area contributed by atoms with Crippen molar-refractivity contribution in [1.82, 2.24) is 0 Å². The van der Waals surface area contributed by atoms with Crippen LogP contribution in [0.4, 0.5) is 0 Å². The molecule has 0 aliphatic heterocycles. The molecule has 0 aromatic rings. The van der Waals surface area contributed by atoms with Crippen LogP contribution >= 0.6 is 0 Å². The Morgan fingerprint density at radius 3 is 2.50 bits per heavy atom. The van der Waals surface area contributed by atoms with E-state index in [1.807, 2.05) is 13.0 Å². The zero-order valence-electron chi connectivity index (χ0n) is 7.79. The molecule has 0 bridgehead atoms. The van der Waals surface area contributed by atoms with Gasteiger partial charge in [0.05, 0.1) is 12.0 Å². The van der Waals surface area contributed by atoms with Gasteiger partial charge in [0.1, 0.15) is 0 Å². The molecule has 0 radical (unpaired) electrons. The Kier molecular flexibility index (Phi) is 3.87. The van der Waals surface area contributed by atoms with Crippen LogP contribution in [-0.2, 0) is 0 Å². The van der Waals surface area contributed by atoms with Gasteiger partial charge >= 0.3 is 0 Å². The molecular weight excluding hydrogens is 146 g/mol. The molecular formula is C11H17N. The van der Waals surface area contributed by atoms with E-state index >= 15 is 0 Å². The van der Waals surface area contributed by atoms with Crippen LogP contribution in [0.1, 0.15) is 39.0 Å². The summed E-state index contributed by atoms with van der Waals surface area (Å²) in [5.41, 5.74) is 0. The molecule has 1 atom stereocenters. The van der Waals surface area contributed by atoms with Gasteiger partial charge in [0.25, 0.3) is 0 Å². The third kappa shape index (κ3) is 2.37. The number of nitriles is 1. The molecule has 1 saturated carbocycles. The van der Waals surface area contributed by atoms with Crippen molar-refractivity contribution in [1.29, 1.82) is 5.26 Å². The fourth-order valence-corrected chi connectivity index (χ4v) is 2.01. The third-order valence-electron chi connectivity index (χ3n) is 2.71. The van der Waals surface area contributed by atoms with Crippen LogP contribution in [0.2, 0.25) is 0 Å². The van der Waals surface area contributed by atoms with E-state index in [4.69, 9.17) is 5.26 Å². The second-order valence-corrected chi connectivity index (χ2v) is 3.58. The van der Waals surface area contributed by atoms with Crippen LogP contribution in [0, 0.1) is 23.2 Å². The third-order valence-corrected chi connectivity index (χ3v) is 2.71. The molecule has 1 heteroatoms. The molecule has 1 fully saturated rings. The minimum absolute atomic E-state index is 0.176. The Hall–Kier alpha value is -0.770. The summed E-state index contributed by atoms with van der Waals surface area (Å²) < 4.78 is 0. The maximum absolute atomic E-state index is 8.91. The molecule has 0 spiro atoms. The summed E-state index contributed by atoms with van der Waals surface area (Å²) in [6.45, 7) is 1.99. The van der Waals surface area contributed by atoms with E-state index < -0.39 is 0 Å². The maximum atomic E-state index is 8.91. The smallest absolute Gasteiger partial charge is 0.0700 e. The van der Waals surface area contributed by atoms with Gasteiger partial charge in [-0.2, -0.15) is 5.26 Å². The standard InChI is InChI=1S/C11H17N/c1-2-6-11(9-12)10-7-4-3-5-8-10/h2,6,10-11H,3-5,7-8H2,1H3. The number of rotatable bonds is 2. The van der Waals surface area contributed by atoms with Gasteiger partial charge in [0, 0.05) is 0 Å². The largest absolute Gasteiger partial charge is 0.198 e. The number of allylic oxidation sites excluding steroid dienone is 2. The topological polar surface area (TPSA) is 23.8 Å². The van der Waals surface area contributed by atoms with Gasteiger partial charge < -0.3 is 0 Å². The lowest BCUT2D eigenvalue weighted by atomic mass is 9.80. The molecule has 1 aliphatic rings. The Labute approximate surface area is 75.1 Å². The van der Waals surface area contributed by atoms with Crippen LogP contribution in [0.5, 0.6) is 0 Å². The lowest BCUT2D eigenvalue weighted by Gasteiger charge is -2.23. The van der Waals surface area contributed by atoms with Crippen molar-refractivity contribution in [2.75, 3.05) is 0 Å². The molecule has 1 nitrogen and oxygen atoms in total. The average Bonchev–Trinajstić information content (AvgIpc) is 2.15. The van der Waals surface area contributed by atoms with Crippen molar-refractivity contribution in [2.24, 2.45) is 11.8 Å². The van der Waals surface area contributed by atoms with Gasteiger partial charge in [-0.25, -0.2) is 0 Å². The summed E-state index contributed by atoms with van der Waals surface area (Å²) in [7, 11) is 0. The van der Waals surface area contributed by atoms with Crippen molar-refractivity contribution >= 4 is 0 Å². The highest BCUT2D eigenvalue weighted by Crippen LogP contribution is 2.30. The monoisotopic (exact) mass is 163 g/mol. The van der Waals surface area contributed by atoms with E-state index in [2.05, 4.69) is 12.1 Å². The number of hydrogen-bond acceptors (Lipinski definition) is 1. The highest BCUT2D eigenvalue weighted by molar-refractivity contribution is 5.02. The summed E-state index contributed by atoms with van der Waals surface area (Å²) in [6, 6.07) is 2.39. The van der Waals surface area contributed by atoms with E-state index in [0.717, 1.165) is 0 Å². The van der Waals surface area contributed by atoms with Crippen LogP contribution in [0.25, 0.3) is 0 Å². The van der Waals surface area contributed by atoms with Gasteiger partial charge in [-0.05, 0) is 25.7 Å². The normalized spacial score (nSPS) is 22.3. The van der Waals surface area contributed by atoms with Gasteiger partial charge in [0.2, 0.25) is 0 Å². The first kappa shape index (κ1) is 9.32. The quantitative estimate of drug-likeness (QED) is 0.573. The summed E-state index contributed by atoms with van der Waals surface area (Å²) in [4.78, 5) is 0. The van der Waals surface area contributed by atoms with Crippen molar-refractivity contribution in [2.45, 2.75) is 39.0 Å². The molecule has 1 aliphatic carbocycles. The SMILES string of the molecule is CC=CC(C#N)C1CCCCC1. The molecule has 0 amide bonds. The first-order chi connectivity index (χ1) is 5.88. The van der Waals surface area contributed by atoms with Crippen LogP contribution in [-0.4, -0.2) is 0 Å². The first-order valence-electron chi connectivity index (χ1n) is 4.91. The summed E-state index contributed by atoms with van der Waals surface area (Å²) in [5, 5.41) is 8.91. The number of nitrogens with zero attached hydrogens (tertiary/aromatic N) is 1. The maximum Gasteiger partial charge on any atom is 0.0700 e.